The Morgan fingerprint density at radius 2 is 2.60 bits per heavy atom. The molecule has 1 saturated heterocycles. The van der Waals surface area contributed by atoms with E-state index in [1.54, 1.807) is 4.68 Å². The quantitative estimate of drug-likeness (QED) is 0.673. The lowest BCUT2D eigenvalue weighted by Crippen LogP contribution is -2.40. The van der Waals surface area contributed by atoms with Gasteiger partial charge in [-0.05, 0) is 0 Å². The zero-order chi connectivity index (χ0) is 10.7. The zero-order valence-electron chi connectivity index (χ0n) is 8.81. The molecule has 1 aliphatic rings. The van der Waals surface area contributed by atoms with E-state index in [9.17, 15) is 5.11 Å². The second-order valence-electron chi connectivity index (χ2n) is 4.01. The predicted molar refractivity (Wildman–Crippen MR) is 53.1 cm³/mol. The van der Waals surface area contributed by atoms with E-state index in [4.69, 9.17) is 4.74 Å². The first-order valence-electron chi connectivity index (χ1n) is 5.04. The van der Waals surface area contributed by atoms with E-state index in [0.717, 1.165) is 5.69 Å². The molecule has 1 atom stereocenters. The fraction of sp³-hybridized carbons (Fsp3) is 0.778. The molecule has 6 heteroatoms. The van der Waals surface area contributed by atoms with E-state index in [1.807, 2.05) is 13.2 Å². The minimum atomic E-state index is -0.706. The Kier molecular flexibility index (Phi) is 2.99. The molecule has 1 fully saturated rings. The van der Waals surface area contributed by atoms with Gasteiger partial charge in [0.15, 0.2) is 0 Å². The molecule has 0 aromatic carbocycles. The van der Waals surface area contributed by atoms with Crippen molar-refractivity contribution in [1.29, 1.82) is 0 Å². The Labute approximate surface area is 88.2 Å². The highest BCUT2D eigenvalue weighted by molar-refractivity contribution is 4.92. The van der Waals surface area contributed by atoms with Gasteiger partial charge in [0.1, 0.15) is 5.60 Å². The summed E-state index contributed by atoms with van der Waals surface area (Å²) in [5, 5.41) is 20.9. The first kappa shape index (κ1) is 10.5. The van der Waals surface area contributed by atoms with Crippen molar-refractivity contribution in [2.24, 2.45) is 7.05 Å². The van der Waals surface area contributed by atoms with Gasteiger partial charge < -0.3 is 15.2 Å². The second kappa shape index (κ2) is 4.26. The van der Waals surface area contributed by atoms with Gasteiger partial charge in [0.25, 0.3) is 0 Å². The molecule has 0 saturated carbocycles. The lowest BCUT2D eigenvalue weighted by atomic mass is 10.0. The van der Waals surface area contributed by atoms with Gasteiger partial charge in [0.05, 0.1) is 12.3 Å². The van der Waals surface area contributed by atoms with Crippen molar-refractivity contribution in [3.63, 3.8) is 0 Å². The third kappa shape index (κ3) is 2.74. The van der Waals surface area contributed by atoms with Crippen LogP contribution in [-0.2, 0) is 18.3 Å². The largest absolute Gasteiger partial charge is 0.386 e. The first-order valence-corrected chi connectivity index (χ1v) is 5.04. The predicted octanol–water partition coefficient (Wildman–Crippen LogP) is -0.944. The van der Waals surface area contributed by atoms with Crippen LogP contribution in [0.3, 0.4) is 0 Å². The number of aliphatic hydroxyl groups is 1. The molecule has 1 aromatic heterocycles. The molecular formula is C9H16N4O2. The van der Waals surface area contributed by atoms with Crippen LogP contribution in [0.5, 0.6) is 0 Å². The van der Waals surface area contributed by atoms with Gasteiger partial charge in [-0.2, -0.15) is 0 Å². The molecule has 1 unspecified atom stereocenters. The van der Waals surface area contributed by atoms with Gasteiger partial charge >= 0.3 is 0 Å². The van der Waals surface area contributed by atoms with Gasteiger partial charge in [-0.3, -0.25) is 4.68 Å². The van der Waals surface area contributed by atoms with E-state index in [0.29, 0.717) is 32.7 Å². The van der Waals surface area contributed by atoms with Gasteiger partial charge in [0.2, 0.25) is 0 Å². The molecule has 6 nitrogen and oxygen atoms in total. The molecule has 0 aliphatic carbocycles. The second-order valence-corrected chi connectivity index (χ2v) is 4.01. The Morgan fingerprint density at radius 3 is 3.20 bits per heavy atom. The van der Waals surface area contributed by atoms with E-state index in [1.165, 1.54) is 0 Å². The van der Waals surface area contributed by atoms with Crippen LogP contribution in [0, 0.1) is 0 Å². The molecule has 1 aromatic rings. The van der Waals surface area contributed by atoms with Crippen LogP contribution in [0.1, 0.15) is 12.1 Å². The van der Waals surface area contributed by atoms with Crippen LogP contribution >= 0.6 is 0 Å². The molecule has 0 bridgehead atoms. The maximum absolute atomic E-state index is 9.95. The molecule has 2 heterocycles. The van der Waals surface area contributed by atoms with Crippen LogP contribution < -0.4 is 5.32 Å². The summed E-state index contributed by atoms with van der Waals surface area (Å²) in [5.41, 5.74) is 0.169. The summed E-state index contributed by atoms with van der Waals surface area (Å²) in [5.74, 6) is 0. The van der Waals surface area contributed by atoms with E-state index in [2.05, 4.69) is 15.6 Å². The van der Waals surface area contributed by atoms with Gasteiger partial charge in [-0.25, -0.2) is 0 Å². The summed E-state index contributed by atoms with van der Waals surface area (Å²) >= 11 is 0. The molecule has 0 amide bonds. The highest BCUT2D eigenvalue weighted by Crippen LogP contribution is 2.16. The van der Waals surface area contributed by atoms with Crippen LogP contribution in [0.4, 0.5) is 0 Å². The maximum Gasteiger partial charge on any atom is 0.103 e. The van der Waals surface area contributed by atoms with Crippen molar-refractivity contribution < 1.29 is 9.84 Å². The van der Waals surface area contributed by atoms with Gasteiger partial charge in [-0.15, -0.1) is 5.10 Å². The number of nitrogens with zero attached hydrogens (tertiary/aromatic N) is 3. The summed E-state index contributed by atoms with van der Waals surface area (Å²) in [6.45, 7) is 2.21. The van der Waals surface area contributed by atoms with Crippen molar-refractivity contribution in [1.82, 2.24) is 20.3 Å². The van der Waals surface area contributed by atoms with Crippen molar-refractivity contribution in [3.05, 3.63) is 11.9 Å². The summed E-state index contributed by atoms with van der Waals surface area (Å²) in [6, 6.07) is 0. The minimum Gasteiger partial charge on any atom is -0.386 e. The molecule has 1 aliphatic heterocycles. The highest BCUT2D eigenvalue weighted by atomic mass is 16.5. The number of nitrogens with one attached hydrogen (secondary N) is 1. The number of aryl methyl sites for hydroxylation is 1. The third-order valence-electron chi connectivity index (χ3n) is 2.49. The van der Waals surface area contributed by atoms with Crippen molar-refractivity contribution in [2.75, 3.05) is 19.8 Å². The number of ether oxygens (including phenoxy) is 1. The van der Waals surface area contributed by atoms with Crippen LogP contribution in [0.15, 0.2) is 6.20 Å². The Balaban J connectivity index is 1.75. The molecule has 0 spiro atoms. The summed E-state index contributed by atoms with van der Waals surface area (Å²) in [7, 11) is 1.83. The van der Waals surface area contributed by atoms with Crippen molar-refractivity contribution in [2.45, 2.75) is 18.6 Å². The molecule has 2 N–H and O–H groups in total. The first-order chi connectivity index (χ1) is 7.18. The van der Waals surface area contributed by atoms with Crippen molar-refractivity contribution in [3.8, 4) is 0 Å². The lowest BCUT2D eigenvalue weighted by molar-refractivity contribution is 0.0268. The van der Waals surface area contributed by atoms with Crippen molar-refractivity contribution >= 4 is 0 Å². The Hall–Kier alpha value is -0.980. The maximum atomic E-state index is 9.95. The number of aromatic nitrogens is 3. The monoisotopic (exact) mass is 212 g/mol. The standard InChI is InChI=1S/C9H16N4O2/c1-13-5-8(11-12-13)4-10-6-9(14)2-3-15-7-9/h5,10,14H,2-4,6-7H2,1H3. The van der Waals surface area contributed by atoms with E-state index >= 15 is 0 Å². The fourth-order valence-corrected chi connectivity index (χ4v) is 1.64. The van der Waals surface area contributed by atoms with E-state index in [-0.39, 0.29) is 0 Å². The third-order valence-corrected chi connectivity index (χ3v) is 2.49. The zero-order valence-corrected chi connectivity index (χ0v) is 8.81. The Bertz CT molecular complexity index is 320. The lowest BCUT2D eigenvalue weighted by Gasteiger charge is -2.20. The Morgan fingerprint density at radius 1 is 1.73 bits per heavy atom. The SMILES string of the molecule is Cn1cc(CNCC2(O)CCOC2)nn1. The minimum absolute atomic E-state index is 0.417. The molecular weight excluding hydrogens is 196 g/mol. The van der Waals surface area contributed by atoms with Gasteiger partial charge in [-0.1, -0.05) is 5.21 Å². The molecule has 84 valence electrons. The number of hydrogen-bond acceptors (Lipinski definition) is 5. The molecule has 2 rings (SSSR count). The average molecular weight is 212 g/mol. The number of rotatable bonds is 4. The smallest absolute Gasteiger partial charge is 0.103 e. The molecule has 0 radical (unpaired) electrons. The fourth-order valence-electron chi connectivity index (χ4n) is 1.64. The average Bonchev–Trinajstić information content (AvgIpc) is 2.76. The van der Waals surface area contributed by atoms with E-state index < -0.39 is 5.60 Å². The normalized spacial score (nSPS) is 26.0. The highest BCUT2D eigenvalue weighted by Gasteiger charge is 2.31. The summed E-state index contributed by atoms with van der Waals surface area (Å²) < 4.78 is 6.80. The van der Waals surface area contributed by atoms with Crippen LogP contribution in [0.2, 0.25) is 0 Å². The molecule has 15 heavy (non-hydrogen) atoms. The summed E-state index contributed by atoms with van der Waals surface area (Å²) in [6.07, 6.45) is 2.54. The topological polar surface area (TPSA) is 72.2 Å². The number of hydrogen-bond donors (Lipinski definition) is 2. The van der Waals surface area contributed by atoms with Crippen LogP contribution in [-0.4, -0.2) is 45.5 Å². The van der Waals surface area contributed by atoms with Gasteiger partial charge in [0, 0.05) is 39.4 Å². The van der Waals surface area contributed by atoms with Crippen LogP contribution in [0.25, 0.3) is 0 Å². The summed E-state index contributed by atoms with van der Waals surface area (Å²) in [4.78, 5) is 0.